The lowest BCUT2D eigenvalue weighted by molar-refractivity contribution is -0.441. The molecule has 1 rings (SSSR count). The number of benzene rings is 1. The number of nitro benzene ring substituents is 3. The van der Waals surface area contributed by atoms with Crippen LogP contribution in [0.2, 0.25) is 0 Å². The lowest BCUT2D eigenvalue weighted by Gasteiger charge is -2.00. The van der Waals surface area contributed by atoms with E-state index in [0.29, 0.717) is 0 Å². The Labute approximate surface area is 91.0 Å². The highest BCUT2D eigenvalue weighted by Gasteiger charge is 2.41. The first-order chi connectivity index (χ1) is 7.77. The van der Waals surface area contributed by atoms with Crippen LogP contribution in [0.3, 0.4) is 0 Å². The van der Waals surface area contributed by atoms with Crippen molar-refractivity contribution in [3.63, 3.8) is 0 Å². The first-order valence-electron chi connectivity index (χ1n) is 3.79. The van der Waals surface area contributed by atoms with Gasteiger partial charge < -0.3 is 10.2 Å². The van der Waals surface area contributed by atoms with Crippen LogP contribution in [-0.2, 0) is 0 Å². The summed E-state index contributed by atoms with van der Waals surface area (Å²) >= 11 is 0. The summed E-state index contributed by atoms with van der Waals surface area (Å²) in [6.45, 7) is 0. The van der Waals surface area contributed by atoms with Crippen LogP contribution in [0, 0.1) is 30.3 Å². The molecule has 0 heterocycles. The van der Waals surface area contributed by atoms with Gasteiger partial charge in [-0.1, -0.05) is 0 Å². The van der Waals surface area contributed by atoms with Gasteiger partial charge in [0.25, 0.3) is 0 Å². The van der Waals surface area contributed by atoms with Crippen molar-refractivity contribution in [2.75, 3.05) is 0 Å². The van der Waals surface area contributed by atoms with Crippen molar-refractivity contribution < 1.29 is 25.0 Å². The molecule has 0 unspecified atom stereocenters. The van der Waals surface area contributed by atoms with E-state index < -0.39 is 43.3 Å². The Balaban J connectivity index is 3.83. The summed E-state index contributed by atoms with van der Waals surface area (Å²) in [7, 11) is 0. The van der Waals surface area contributed by atoms with Crippen molar-refractivity contribution in [1.29, 1.82) is 0 Å². The quantitative estimate of drug-likeness (QED) is 0.447. The highest BCUT2D eigenvalue weighted by atomic mass is 16.6. The lowest BCUT2D eigenvalue weighted by atomic mass is 10.2. The van der Waals surface area contributed by atoms with Gasteiger partial charge in [-0.05, 0) is 0 Å². The van der Waals surface area contributed by atoms with Gasteiger partial charge >= 0.3 is 17.1 Å². The molecule has 0 bridgehead atoms. The Morgan fingerprint density at radius 3 is 1.71 bits per heavy atom. The molecular weight excluding hydrogens is 242 g/mol. The molecule has 0 fully saturated rings. The Morgan fingerprint density at radius 2 is 1.35 bits per heavy atom. The van der Waals surface area contributed by atoms with Crippen LogP contribution in [0.4, 0.5) is 17.1 Å². The Kier molecular flexibility index (Phi) is 2.76. The van der Waals surface area contributed by atoms with Gasteiger partial charge in [-0.15, -0.1) is 0 Å². The zero-order valence-electron chi connectivity index (χ0n) is 7.76. The summed E-state index contributed by atoms with van der Waals surface area (Å²) in [6, 6.07) is 0.264. The number of aromatic hydroxyl groups is 2. The molecule has 11 nitrogen and oxygen atoms in total. The van der Waals surface area contributed by atoms with Crippen molar-refractivity contribution >= 4 is 17.1 Å². The van der Waals surface area contributed by atoms with E-state index in [1.807, 2.05) is 0 Å². The minimum absolute atomic E-state index is 0.264. The number of phenolic OH excluding ortho intramolecular Hbond substituents is 2. The molecule has 2 N–H and O–H groups in total. The first-order valence-corrected chi connectivity index (χ1v) is 3.79. The van der Waals surface area contributed by atoms with E-state index in [9.17, 15) is 30.3 Å². The van der Waals surface area contributed by atoms with Crippen LogP contribution in [-0.4, -0.2) is 25.0 Å². The zero-order valence-corrected chi connectivity index (χ0v) is 7.76. The molecule has 1 aromatic rings. The highest BCUT2D eigenvalue weighted by Crippen LogP contribution is 2.47. The van der Waals surface area contributed by atoms with Crippen molar-refractivity contribution in [3.8, 4) is 11.5 Å². The normalized spacial score (nSPS) is 9.88. The Hall–Kier alpha value is -2.98. The second-order valence-electron chi connectivity index (χ2n) is 2.73. The van der Waals surface area contributed by atoms with E-state index in [0.717, 1.165) is 0 Å². The van der Waals surface area contributed by atoms with Crippen LogP contribution in [0.5, 0.6) is 11.5 Å². The van der Waals surface area contributed by atoms with Gasteiger partial charge in [0.2, 0.25) is 5.75 Å². The minimum Gasteiger partial charge on any atom is -0.504 e. The Bertz CT molecular complexity index is 539. The first kappa shape index (κ1) is 12.1. The number of hydrogen-bond acceptors (Lipinski definition) is 8. The zero-order chi connectivity index (χ0) is 13.3. The minimum atomic E-state index is -1.53. The van der Waals surface area contributed by atoms with Crippen molar-refractivity contribution in [3.05, 3.63) is 36.4 Å². The van der Waals surface area contributed by atoms with Gasteiger partial charge in [0, 0.05) is 0 Å². The predicted octanol–water partition coefficient (Wildman–Crippen LogP) is 0.822. The second kappa shape index (κ2) is 3.88. The molecule has 0 aliphatic carbocycles. The third-order valence-electron chi connectivity index (χ3n) is 1.77. The molecule has 0 spiro atoms. The largest absolute Gasteiger partial charge is 0.504 e. The summed E-state index contributed by atoms with van der Waals surface area (Å²) in [5.74, 6) is -2.58. The maximum atomic E-state index is 10.5. The molecule has 0 saturated heterocycles. The standard InChI is InChI=1S/C6H3N3O8/c10-3-1-2(7(12)13)4(8(14)15)5(6(3)11)9(16)17/h1,10-11H. The maximum Gasteiger partial charge on any atom is 0.426 e. The Morgan fingerprint density at radius 1 is 0.882 bits per heavy atom. The summed E-state index contributed by atoms with van der Waals surface area (Å²) < 4.78 is 0. The molecule has 17 heavy (non-hydrogen) atoms. The van der Waals surface area contributed by atoms with Gasteiger partial charge in [-0.2, -0.15) is 0 Å². The summed E-state index contributed by atoms with van der Waals surface area (Å²) in [5, 5.41) is 49.5. The van der Waals surface area contributed by atoms with E-state index in [1.165, 1.54) is 0 Å². The van der Waals surface area contributed by atoms with Crippen LogP contribution in [0.1, 0.15) is 0 Å². The molecule has 0 atom stereocenters. The van der Waals surface area contributed by atoms with E-state index in [2.05, 4.69) is 0 Å². The highest BCUT2D eigenvalue weighted by molar-refractivity contribution is 5.75. The number of nitrogens with zero attached hydrogens (tertiary/aromatic N) is 3. The van der Waals surface area contributed by atoms with Gasteiger partial charge in [-0.3, -0.25) is 30.3 Å². The van der Waals surface area contributed by atoms with Crippen molar-refractivity contribution in [2.24, 2.45) is 0 Å². The topological polar surface area (TPSA) is 170 Å². The van der Waals surface area contributed by atoms with E-state index >= 15 is 0 Å². The second-order valence-corrected chi connectivity index (χ2v) is 2.73. The molecule has 0 amide bonds. The van der Waals surface area contributed by atoms with E-state index in [1.54, 1.807) is 0 Å². The molecule has 1 aromatic carbocycles. The number of nitro groups is 3. The number of rotatable bonds is 3. The molecule has 0 aliphatic heterocycles. The molecule has 90 valence electrons. The van der Waals surface area contributed by atoms with Crippen LogP contribution < -0.4 is 0 Å². The summed E-state index contributed by atoms with van der Waals surface area (Å²) in [6.07, 6.45) is 0. The van der Waals surface area contributed by atoms with Gasteiger partial charge in [-0.25, -0.2) is 0 Å². The molecule has 0 aliphatic rings. The van der Waals surface area contributed by atoms with Gasteiger partial charge in [0.15, 0.2) is 5.75 Å². The molecule has 0 aromatic heterocycles. The monoisotopic (exact) mass is 245 g/mol. The summed E-state index contributed by atoms with van der Waals surface area (Å²) in [5.41, 5.74) is -4.30. The molecule has 0 radical (unpaired) electrons. The number of phenols is 2. The summed E-state index contributed by atoms with van der Waals surface area (Å²) in [4.78, 5) is 27.4. The van der Waals surface area contributed by atoms with Gasteiger partial charge in [0.05, 0.1) is 20.8 Å². The third-order valence-corrected chi connectivity index (χ3v) is 1.77. The molecule has 11 heteroatoms. The average molecular weight is 245 g/mol. The predicted molar refractivity (Wildman–Crippen MR) is 49.7 cm³/mol. The SMILES string of the molecule is O=[N+]([O-])c1cc(O)c(O)c([N+](=O)[O-])c1[N+](=O)[O-]. The van der Waals surface area contributed by atoms with Crippen LogP contribution >= 0.6 is 0 Å². The van der Waals surface area contributed by atoms with Crippen LogP contribution in [0.15, 0.2) is 6.07 Å². The smallest absolute Gasteiger partial charge is 0.426 e. The fourth-order valence-electron chi connectivity index (χ4n) is 1.11. The van der Waals surface area contributed by atoms with Gasteiger partial charge in [0.1, 0.15) is 0 Å². The van der Waals surface area contributed by atoms with Crippen molar-refractivity contribution in [1.82, 2.24) is 0 Å². The van der Waals surface area contributed by atoms with E-state index in [4.69, 9.17) is 10.2 Å². The molecule has 0 saturated carbocycles. The number of hydrogen-bond donors (Lipinski definition) is 2. The average Bonchev–Trinajstić information content (AvgIpc) is 2.19. The fraction of sp³-hybridized carbons (Fsp3) is 0. The third kappa shape index (κ3) is 1.88. The molecular formula is C6H3N3O8. The maximum absolute atomic E-state index is 10.5. The van der Waals surface area contributed by atoms with E-state index in [-0.39, 0.29) is 6.07 Å². The van der Waals surface area contributed by atoms with Crippen LogP contribution in [0.25, 0.3) is 0 Å². The van der Waals surface area contributed by atoms with Crippen molar-refractivity contribution in [2.45, 2.75) is 0 Å². The lowest BCUT2D eigenvalue weighted by Crippen LogP contribution is -2.01. The fourth-order valence-corrected chi connectivity index (χ4v) is 1.11.